The van der Waals surface area contributed by atoms with Gasteiger partial charge in [0.1, 0.15) is 12.4 Å². The zero-order chi connectivity index (χ0) is 33.6. The number of nitrogen functional groups attached to an aromatic ring is 1. The molecule has 0 spiro atoms. The summed E-state index contributed by atoms with van der Waals surface area (Å²) in [6.45, 7) is 18.4. The number of alkyl halides is 3. The Balaban J connectivity index is 0.000000507. The van der Waals surface area contributed by atoms with Gasteiger partial charge < -0.3 is 30.8 Å². The molecule has 1 saturated heterocycles. The van der Waals surface area contributed by atoms with Crippen LogP contribution in [-0.4, -0.2) is 60.1 Å². The Bertz CT molecular complexity index is 1450. The van der Waals surface area contributed by atoms with Gasteiger partial charge in [0.05, 0.1) is 17.8 Å². The number of carbonyl (C=O) groups is 1. The molecule has 1 amide bonds. The largest absolute Gasteiger partial charge is 0.462 e. The quantitative estimate of drug-likeness (QED) is 0.245. The van der Waals surface area contributed by atoms with Crippen molar-refractivity contribution in [2.75, 3.05) is 43.9 Å². The Labute approximate surface area is 263 Å². The maximum atomic E-state index is 13.8. The van der Waals surface area contributed by atoms with Crippen LogP contribution in [0.5, 0.6) is 6.01 Å². The molecule has 0 radical (unpaired) electrons. The highest BCUT2D eigenvalue weighted by Gasteiger charge is 2.34. The number of fused-ring (bicyclic) bond motifs is 2. The molecule has 5 rings (SSSR count). The van der Waals surface area contributed by atoms with Gasteiger partial charge in [0, 0.05) is 35.6 Å². The van der Waals surface area contributed by atoms with E-state index in [2.05, 4.69) is 39.1 Å². The molecular formula is C33H44F3N7O2. The van der Waals surface area contributed by atoms with Crippen molar-refractivity contribution in [2.24, 2.45) is 5.73 Å². The second kappa shape index (κ2) is 17.8. The Hall–Kier alpha value is -4.37. The predicted octanol–water partition coefficient (Wildman–Crippen LogP) is 6.27. The van der Waals surface area contributed by atoms with Crippen LogP contribution in [0.1, 0.15) is 56.9 Å². The Kier molecular flexibility index (Phi) is 14.6. The van der Waals surface area contributed by atoms with Gasteiger partial charge in [-0.1, -0.05) is 51.6 Å². The smallest absolute Gasteiger partial charge is 0.417 e. The van der Waals surface area contributed by atoms with E-state index >= 15 is 0 Å². The highest BCUT2D eigenvalue weighted by Crippen LogP contribution is 2.40. The number of nitrogens with two attached hydrogens (primary N) is 2. The number of aromatic nitrogens is 2. The molecule has 244 valence electrons. The number of benzene rings is 2. The number of hydrogen-bond acceptors (Lipinski definition) is 7. The molecule has 1 fully saturated rings. The summed E-state index contributed by atoms with van der Waals surface area (Å²) in [6, 6.07) is 10.1. The maximum absolute atomic E-state index is 13.8. The lowest BCUT2D eigenvalue weighted by atomic mass is 9.99. The van der Waals surface area contributed by atoms with Crippen LogP contribution >= 0.6 is 0 Å². The van der Waals surface area contributed by atoms with Crippen molar-refractivity contribution in [1.82, 2.24) is 14.9 Å². The van der Waals surface area contributed by atoms with E-state index in [0.717, 1.165) is 43.5 Å². The number of likely N-dealkylation sites (tertiary alicyclic amines) is 1. The molecule has 4 N–H and O–H groups in total. The third kappa shape index (κ3) is 10.4. The van der Waals surface area contributed by atoms with Crippen molar-refractivity contribution in [3.63, 3.8) is 0 Å². The van der Waals surface area contributed by atoms with Gasteiger partial charge in [-0.15, -0.1) is 0 Å². The predicted molar refractivity (Wildman–Crippen MR) is 174 cm³/mol. The standard InChI is InChI=1S/C24H26F3N5O.C4H7N.C3H5NO.C2H6/c1-31-11-4-7-16(31)14-33-23-29-19-13-32(12-10-17(19)22(28)30-23)20-9-3-6-15-5-2-8-18(21(15)20)24(25,26)27;1-3-4-5-2;1-2-3(4)5;1-2/h2-3,5-6,8-9,16H,4,7,10-14H2,1H3,(H2,28,29,30);3-4H2,1H3;2H,1H2,(H2,4,5);1-2H3/t16-;;;/m0.../s1. The van der Waals surface area contributed by atoms with Gasteiger partial charge in [-0.05, 0) is 56.4 Å². The number of nitrogens with zero attached hydrogens (tertiary/aromatic N) is 5. The second-order valence-corrected chi connectivity index (χ2v) is 10.2. The molecule has 45 heavy (non-hydrogen) atoms. The highest BCUT2D eigenvalue weighted by atomic mass is 19.4. The summed E-state index contributed by atoms with van der Waals surface area (Å²) in [5.74, 6) is -0.103. The molecule has 3 heterocycles. The van der Waals surface area contributed by atoms with E-state index in [4.69, 9.17) is 17.0 Å². The molecule has 9 nitrogen and oxygen atoms in total. The van der Waals surface area contributed by atoms with E-state index in [1.54, 1.807) is 24.3 Å². The van der Waals surface area contributed by atoms with Crippen LogP contribution in [0.25, 0.3) is 15.6 Å². The van der Waals surface area contributed by atoms with Gasteiger partial charge in [-0.25, -0.2) is 6.57 Å². The second-order valence-electron chi connectivity index (χ2n) is 10.2. The normalized spacial score (nSPS) is 15.6. The molecule has 3 aromatic rings. The van der Waals surface area contributed by atoms with Gasteiger partial charge in [-0.3, -0.25) is 4.79 Å². The van der Waals surface area contributed by atoms with Crippen LogP contribution < -0.4 is 21.1 Å². The Morgan fingerprint density at radius 2 is 1.87 bits per heavy atom. The zero-order valence-corrected chi connectivity index (χ0v) is 26.5. The molecule has 2 aliphatic rings. The number of hydrogen-bond donors (Lipinski definition) is 2. The minimum absolute atomic E-state index is 0.207. The fraction of sp³-hybridized carbons (Fsp3) is 0.455. The zero-order valence-electron chi connectivity index (χ0n) is 26.5. The van der Waals surface area contributed by atoms with Gasteiger partial charge in [-0.2, -0.15) is 23.1 Å². The van der Waals surface area contributed by atoms with E-state index in [-0.39, 0.29) is 11.4 Å². The number of halogens is 3. The Morgan fingerprint density at radius 3 is 2.40 bits per heavy atom. The minimum Gasteiger partial charge on any atom is -0.462 e. The first-order chi connectivity index (χ1) is 21.5. The van der Waals surface area contributed by atoms with Crippen LogP contribution in [0.3, 0.4) is 0 Å². The van der Waals surface area contributed by atoms with Crippen LogP contribution in [0.4, 0.5) is 24.7 Å². The third-order valence-electron chi connectivity index (χ3n) is 7.22. The molecule has 12 heteroatoms. The summed E-state index contributed by atoms with van der Waals surface area (Å²) in [7, 11) is 2.07. The minimum atomic E-state index is -4.44. The van der Waals surface area contributed by atoms with E-state index in [9.17, 15) is 18.0 Å². The summed E-state index contributed by atoms with van der Waals surface area (Å²) < 4.78 is 47.2. The highest BCUT2D eigenvalue weighted by molar-refractivity contribution is 5.97. The molecule has 2 aromatic carbocycles. The number of primary amides is 1. The van der Waals surface area contributed by atoms with Crippen LogP contribution in [0, 0.1) is 6.57 Å². The average molecular weight is 628 g/mol. The SMILES string of the molecule is C=CC(N)=O.CC.CN1CCC[C@H]1COc1nc(N)c2c(n1)CN(c1cccc3cccc(C(F)(F)F)c13)CC2.[C-]#[N+]CCC. The first-order valence-corrected chi connectivity index (χ1v) is 15.1. The van der Waals surface area contributed by atoms with Gasteiger partial charge in [0.2, 0.25) is 12.5 Å². The number of likely N-dealkylation sites (N-methyl/N-ethyl adjacent to an activating group) is 1. The lowest BCUT2D eigenvalue weighted by Gasteiger charge is -2.32. The molecule has 2 aliphatic heterocycles. The van der Waals surface area contributed by atoms with Crippen LogP contribution in [0.15, 0.2) is 49.1 Å². The molecule has 0 unspecified atom stereocenters. The first-order valence-electron chi connectivity index (χ1n) is 15.1. The lowest BCUT2D eigenvalue weighted by molar-refractivity contribution is -0.136. The van der Waals surface area contributed by atoms with E-state index in [0.29, 0.717) is 61.3 Å². The van der Waals surface area contributed by atoms with E-state index in [1.165, 1.54) is 6.07 Å². The van der Waals surface area contributed by atoms with Gasteiger partial charge >= 0.3 is 12.2 Å². The number of amides is 1. The van der Waals surface area contributed by atoms with Crippen molar-refractivity contribution in [2.45, 2.75) is 65.2 Å². The number of anilines is 2. The summed E-state index contributed by atoms with van der Waals surface area (Å²) >= 11 is 0. The monoisotopic (exact) mass is 627 g/mol. The topological polar surface area (TPSA) is 115 Å². The fourth-order valence-corrected chi connectivity index (χ4v) is 5.00. The van der Waals surface area contributed by atoms with Gasteiger partial charge in [0.15, 0.2) is 0 Å². The van der Waals surface area contributed by atoms with Crippen molar-refractivity contribution in [3.05, 3.63) is 77.3 Å². The van der Waals surface area contributed by atoms with E-state index in [1.807, 2.05) is 25.7 Å². The summed E-state index contributed by atoms with van der Waals surface area (Å²) in [6.07, 6.45) is 0.357. The number of rotatable bonds is 6. The first kappa shape index (κ1) is 36.8. The van der Waals surface area contributed by atoms with Crippen molar-refractivity contribution in [3.8, 4) is 6.01 Å². The molecular weight excluding hydrogens is 583 g/mol. The molecule has 1 atom stereocenters. The maximum Gasteiger partial charge on any atom is 0.417 e. The van der Waals surface area contributed by atoms with E-state index < -0.39 is 17.6 Å². The number of ether oxygens (including phenoxy) is 1. The summed E-state index contributed by atoms with van der Waals surface area (Å²) in [5.41, 5.74) is 12.2. The van der Waals surface area contributed by atoms with Gasteiger partial charge in [0.25, 0.3) is 0 Å². The average Bonchev–Trinajstić information content (AvgIpc) is 3.45. The lowest BCUT2D eigenvalue weighted by Crippen LogP contribution is -2.33. The van der Waals surface area contributed by atoms with Crippen molar-refractivity contribution in [1.29, 1.82) is 0 Å². The molecule has 0 bridgehead atoms. The van der Waals surface area contributed by atoms with Crippen LogP contribution in [-0.2, 0) is 23.9 Å². The summed E-state index contributed by atoms with van der Waals surface area (Å²) in [5, 5.41) is 0.763. The van der Waals surface area contributed by atoms with Crippen molar-refractivity contribution >= 4 is 28.2 Å². The molecule has 0 saturated carbocycles. The molecule has 1 aromatic heterocycles. The molecule has 0 aliphatic carbocycles. The third-order valence-corrected chi connectivity index (χ3v) is 7.22. The van der Waals surface area contributed by atoms with Crippen molar-refractivity contribution < 1.29 is 22.7 Å². The number of carbonyl (C=O) groups excluding carboxylic acids is 1. The van der Waals surface area contributed by atoms with Crippen LogP contribution in [0.2, 0.25) is 0 Å². The Morgan fingerprint density at radius 1 is 1.20 bits per heavy atom. The summed E-state index contributed by atoms with van der Waals surface area (Å²) in [4.78, 5) is 25.7. The fourth-order valence-electron chi connectivity index (χ4n) is 5.00.